The molecule has 242 valence electrons. The molecule has 1 aliphatic heterocycles. The van der Waals surface area contributed by atoms with Crippen LogP contribution in [0.25, 0.3) is 11.2 Å². The van der Waals surface area contributed by atoms with Gasteiger partial charge in [0, 0.05) is 5.56 Å². The molecule has 1 amide bonds. The van der Waals surface area contributed by atoms with Crippen molar-refractivity contribution in [2.24, 2.45) is 0 Å². The lowest BCUT2D eigenvalue weighted by Crippen LogP contribution is -2.67. The second-order valence-corrected chi connectivity index (χ2v) is 16.8. The molecule has 0 radical (unpaired) electrons. The normalized spacial score (nSPS) is 19.9. The predicted octanol–water partition coefficient (Wildman–Crippen LogP) is 4.48. The molecule has 6 rings (SSSR count). The summed E-state index contributed by atoms with van der Waals surface area (Å²) in [5.74, 6) is -0.0586. The molecule has 1 saturated heterocycles. The Morgan fingerprint density at radius 2 is 1.60 bits per heavy atom. The zero-order valence-corrected chi connectivity index (χ0v) is 27.7. The minimum absolute atomic E-state index is 0.124. The summed E-state index contributed by atoms with van der Waals surface area (Å²) in [6, 6.07) is 29.5. The van der Waals surface area contributed by atoms with E-state index in [2.05, 4.69) is 71.9 Å². The molecular formula is C36H39N5O5Si. The molecule has 2 N–H and O–H groups in total. The van der Waals surface area contributed by atoms with Crippen LogP contribution >= 0.6 is 0 Å². The second kappa shape index (κ2) is 13.7. The zero-order valence-electron chi connectivity index (χ0n) is 26.7. The van der Waals surface area contributed by atoms with E-state index in [4.69, 9.17) is 13.9 Å². The number of aliphatic hydroxyl groups is 1. The number of fused-ring (bicyclic) bond motifs is 1. The molecule has 0 unspecified atom stereocenters. The molecule has 47 heavy (non-hydrogen) atoms. The van der Waals surface area contributed by atoms with Crippen LogP contribution in [0.2, 0.25) is 5.04 Å². The van der Waals surface area contributed by atoms with E-state index in [0.29, 0.717) is 16.7 Å². The van der Waals surface area contributed by atoms with Crippen molar-refractivity contribution in [1.82, 2.24) is 19.5 Å². The summed E-state index contributed by atoms with van der Waals surface area (Å²) >= 11 is 0. The Balaban J connectivity index is 1.32. The number of nitrogens with zero attached hydrogens (tertiary/aromatic N) is 4. The average molecular weight is 650 g/mol. The molecule has 1 aliphatic rings. The average Bonchev–Trinajstić information content (AvgIpc) is 3.65. The summed E-state index contributed by atoms with van der Waals surface area (Å²) in [5, 5.41) is 16.5. The van der Waals surface area contributed by atoms with Crippen LogP contribution in [-0.4, -0.2) is 70.4 Å². The first kappa shape index (κ1) is 32.4. The van der Waals surface area contributed by atoms with E-state index in [-0.39, 0.29) is 30.0 Å². The SMILES string of the molecule is C=CCO[C@@H]1[C@H](O)[C@@H](CO[Si](c2ccccc2)(c2ccccc2)C(C)(C)C)O[C@H]1n1cnc2c(NC(=O)c3ccccc3)ncnc21. The van der Waals surface area contributed by atoms with Crippen molar-refractivity contribution in [1.29, 1.82) is 0 Å². The minimum Gasteiger partial charge on any atom is -0.405 e. The topological polar surface area (TPSA) is 121 Å². The Morgan fingerprint density at radius 1 is 0.979 bits per heavy atom. The number of anilines is 1. The number of aliphatic hydroxyl groups excluding tert-OH is 1. The van der Waals surface area contributed by atoms with Crippen LogP contribution in [0.1, 0.15) is 37.4 Å². The number of rotatable bonds is 11. The van der Waals surface area contributed by atoms with Gasteiger partial charge in [0.15, 0.2) is 23.2 Å². The molecule has 3 heterocycles. The number of ether oxygens (including phenoxy) is 2. The highest BCUT2D eigenvalue weighted by molar-refractivity contribution is 6.99. The maximum absolute atomic E-state index is 12.9. The fourth-order valence-electron chi connectivity index (χ4n) is 6.31. The van der Waals surface area contributed by atoms with E-state index in [1.165, 1.54) is 6.33 Å². The van der Waals surface area contributed by atoms with Gasteiger partial charge in [0.1, 0.15) is 24.6 Å². The van der Waals surface area contributed by atoms with Gasteiger partial charge in [-0.2, -0.15) is 0 Å². The highest BCUT2D eigenvalue weighted by atomic mass is 28.4. The Bertz CT molecular complexity index is 1770. The van der Waals surface area contributed by atoms with Crippen molar-refractivity contribution >= 4 is 41.6 Å². The third kappa shape index (κ3) is 6.28. The highest BCUT2D eigenvalue weighted by Gasteiger charge is 2.53. The van der Waals surface area contributed by atoms with E-state index in [1.807, 2.05) is 42.5 Å². The predicted molar refractivity (Wildman–Crippen MR) is 183 cm³/mol. The third-order valence-electron chi connectivity index (χ3n) is 8.50. The fourth-order valence-corrected chi connectivity index (χ4v) is 10.9. The summed E-state index contributed by atoms with van der Waals surface area (Å²) in [6.45, 7) is 10.7. The molecule has 11 heteroatoms. The summed E-state index contributed by atoms with van der Waals surface area (Å²) in [6.07, 6.45) is 1.20. The van der Waals surface area contributed by atoms with Crippen LogP contribution in [0.15, 0.2) is 116 Å². The molecule has 1 fully saturated rings. The molecule has 0 spiro atoms. The summed E-state index contributed by atoms with van der Waals surface area (Å²) in [4.78, 5) is 26.2. The van der Waals surface area contributed by atoms with Gasteiger partial charge in [-0.15, -0.1) is 6.58 Å². The monoisotopic (exact) mass is 649 g/mol. The number of imidazole rings is 1. The van der Waals surface area contributed by atoms with Crippen LogP contribution in [0.5, 0.6) is 0 Å². The summed E-state index contributed by atoms with van der Waals surface area (Å²) < 4.78 is 21.5. The first-order valence-corrected chi connectivity index (χ1v) is 17.5. The lowest BCUT2D eigenvalue weighted by Gasteiger charge is -2.43. The standard InChI is InChI=1S/C36H39N5O5Si/c1-5-21-44-31-30(42)28(22-45-47(36(2,3)4,26-17-11-7-12-18-26)27-19-13-8-14-20-27)46-35(31)41-24-39-29-32(37-23-38-33(29)41)40-34(43)25-15-9-6-10-16-25/h5-20,23-24,28,30-31,35,42H,1,21-22H2,2-4H3,(H,37,38,40,43)/t28-,30-,31-,35-/m1/s1. The molecule has 5 aromatic rings. The lowest BCUT2D eigenvalue weighted by molar-refractivity contribution is -0.0635. The van der Waals surface area contributed by atoms with Gasteiger partial charge in [-0.3, -0.25) is 9.36 Å². The summed E-state index contributed by atoms with van der Waals surface area (Å²) in [5.41, 5.74) is 1.29. The quantitative estimate of drug-likeness (QED) is 0.159. The lowest BCUT2D eigenvalue weighted by atomic mass is 10.1. The first-order chi connectivity index (χ1) is 22.7. The van der Waals surface area contributed by atoms with Gasteiger partial charge in [0.25, 0.3) is 14.2 Å². The van der Waals surface area contributed by atoms with E-state index >= 15 is 0 Å². The van der Waals surface area contributed by atoms with Crippen molar-refractivity contribution in [3.8, 4) is 0 Å². The van der Waals surface area contributed by atoms with Crippen LogP contribution in [0, 0.1) is 0 Å². The van der Waals surface area contributed by atoms with Gasteiger partial charge in [-0.1, -0.05) is 106 Å². The number of hydrogen-bond acceptors (Lipinski definition) is 8. The number of carbonyl (C=O) groups excluding carboxylic acids is 1. The second-order valence-electron chi connectivity index (χ2n) is 12.5. The fraction of sp³-hybridized carbons (Fsp3) is 0.278. The molecule has 3 aromatic carbocycles. The highest BCUT2D eigenvalue weighted by Crippen LogP contribution is 2.39. The van der Waals surface area contributed by atoms with Crippen LogP contribution in [-0.2, 0) is 13.9 Å². The van der Waals surface area contributed by atoms with Crippen LogP contribution in [0.4, 0.5) is 5.82 Å². The van der Waals surface area contributed by atoms with E-state index in [1.54, 1.807) is 41.2 Å². The Morgan fingerprint density at radius 3 is 2.19 bits per heavy atom. The number of amides is 1. The van der Waals surface area contributed by atoms with Crippen molar-refractivity contribution in [2.75, 3.05) is 18.5 Å². The Hall–Kier alpha value is -4.52. The number of carbonyl (C=O) groups is 1. The molecular weight excluding hydrogens is 611 g/mol. The molecule has 0 bridgehead atoms. The van der Waals surface area contributed by atoms with Gasteiger partial charge in [-0.25, -0.2) is 15.0 Å². The van der Waals surface area contributed by atoms with Crippen LogP contribution < -0.4 is 15.7 Å². The van der Waals surface area contributed by atoms with Crippen molar-refractivity contribution in [2.45, 2.75) is 50.3 Å². The molecule has 2 aromatic heterocycles. The number of benzene rings is 3. The van der Waals surface area contributed by atoms with Crippen molar-refractivity contribution < 1.29 is 23.8 Å². The van der Waals surface area contributed by atoms with Crippen molar-refractivity contribution in [3.05, 3.63) is 122 Å². The molecule has 0 saturated carbocycles. The van der Waals surface area contributed by atoms with E-state index in [9.17, 15) is 9.90 Å². The number of aromatic nitrogens is 4. The van der Waals surface area contributed by atoms with Gasteiger partial charge in [0.2, 0.25) is 0 Å². The molecule has 10 nitrogen and oxygen atoms in total. The Kier molecular flexibility index (Phi) is 9.44. The number of hydrogen-bond donors (Lipinski definition) is 2. The number of nitrogens with one attached hydrogen (secondary N) is 1. The smallest absolute Gasteiger partial charge is 0.261 e. The van der Waals surface area contributed by atoms with Crippen LogP contribution in [0.3, 0.4) is 0 Å². The molecule has 0 aliphatic carbocycles. The van der Waals surface area contributed by atoms with E-state index < -0.39 is 32.9 Å². The minimum atomic E-state index is -2.91. The van der Waals surface area contributed by atoms with Crippen molar-refractivity contribution in [3.63, 3.8) is 0 Å². The molecule has 4 atom stereocenters. The first-order valence-electron chi connectivity index (χ1n) is 15.6. The zero-order chi connectivity index (χ0) is 33.0. The maximum Gasteiger partial charge on any atom is 0.261 e. The summed E-state index contributed by atoms with van der Waals surface area (Å²) in [7, 11) is -2.91. The Labute approximate surface area is 275 Å². The van der Waals surface area contributed by atoms with E-state index in [0.717, 1.165) is 10.4 Å². The van der Waals surface area contributed by atoms with Gasteiger partial charge < -0.3 is 24.3 Å². The van der Waals surface area contributed by atoms with Gasteiger partial charge >= 0.3 is 0 Å². The van der Waals surface area contributed by atoms with Gasteiger partial charge in [0.05, 0.1) is 19.5 Å². The third-order valence-corrected chi connectivity index (χ3v) is 13.5. The largest absolute Gasteiger partial charge is 0.405 e. The van der Waals surface area contributed by atoms with Gasteiger partial charge in [-0.05, 0) is 27.5 Å². The maximum atomic E-state index is 12.9.